The van der Waals surface area contributed by atoms with Crippen molar-refractivity contribution < 1.29 is 9.90 Å². The number of nitrogens with zero attached hydrogens (tertiary/aromatic N) is 1. The van der Waals surface area contributed by atoms with Crippen LogP contribution in [0.1, 0.15) is 25.5 Å². The minimum atomic E-state index is -0.235. The quantitative estimate of drug-likeness (QED) is 0.722. The Labute approximate surface area is 101 Å². The molecule has 5 heteroatoms. The molecule has 94 valence electrons. The second-order valence-corrected chi connectivity index (χ2v) is 4.03. The highest BCUT2D eigenvalue weighted by Crippen LogP contribution is 2.21. The number of aromatic hydroxyl groups is 1. The van der Waals surface area contributed by atoms with E-state index < -0.39 is 0 Å². The molecule has 1 atom stereocenters. The molecule has 17 heavy (non-hydrogen) atoms. The number of rotatable bonds is 5. The van der Waals surface area contributed by atoms with Crippen LogP contribution in [0.4, 0.5) is 5.82 Å². The Bertz CT molecular complexity index is 393. The third kappa shape index (κ3) is 3.71. The molecular formula is C12H19N3O2. The minimum absolute atomic E-state index is 0.0313. The average Bonchev–Trinajstić information content (AvgIpc) is 2.30. The fraction of sp³-hybridized carbons (Fsp3) is 0.500. The van der Waals surface area contributed by atoms with Crippen molar-refractivity contribution in [1.29, 1.82) is 0 Å². The lowest BCUT2D eigenvalue weighted by Gasteiger charge is -2.14. The Morgan fingerprint density at radius 3 is 2.88 bits per heavy atom. The van der Waals surface area contributed by atoms with Crippen LogP contribution in [0.5, 0.6) is 5.75 Å². The van der Waals surface area contributed by atoms with Crippen LogP contribution in [-0.2, 0) is 4.79 Å². The van der Waals surface area contributed by atoms with Gasteiger partial charge in [-0.1, -0.05) is 13.3 Å². The fourth-order valence-electron chi connectivity index (χ4n) is 1.56. The van der Waals surface area contributed by atoms with E-state index in [2.05, 4.69) is 10.3 Å². The number of pyridine rings is 1. The number of aryl methyl sites for hydroxylation is 1. The standard InChI is InChI=1S/C12H19N3O2/c1-3-4-9(7-13)12(17)15-11-10(16)6-5-8(2)14-11/h5-6,9,16H,3-4,7,13H2,1-2H3,(H,14,15,17). The van der Waals surface area contributed by atoms with Gasteiger partial charge < -0.3 is 16.2 Å². The lowest BCUT2D eigenvalue weighted by Crippen LogP contribution is -2.29. The van der Waals surface area contributed by atoms with Gasteiger partial charge in [0.15, 0.2) is 11.6 Å². The summed E-state index contributed by atoms with van der Waals surface area (Å²) in [7, 11) is 0. The summed E-state index contributed by atoms with van der Waals surface area (Å²) < 4.78 is 0. The van der Waals surface area contributed by atoms with Gasteiger partial charge in [-0.05, 0) is 25.5 Å². The van der Waals surface area contributed by atoms with Crippen LogP contribution in [0.25, 0.3) is 0 Å². The van der Waals surface area contributed by atoms with E-state index in [1.165, 1.54) is 6.07 Å². The number of hydrogen-bond donors (Lipinski definition) is 3. The van der Waals surface area contributed by atoms with Crippen LogP contribution in [0, 0.1) is 12.8 Å². The molecular weight excluding hydrogens is 218 g/mol. The van der Waals surface area contributed by atoms with Crippen molar-refractivity contribution in [3.05, 3.63) is 17.8 Å². The van der Waals surface area contributed by atoms with E-state index >= 15 is 0 Å². The Hall–Kier alpha value is -1.62. The third-order valence-corrected chi connectivity index (χ3v) is 2.55. The number of carbonyl (C=O) groups excluding carboxylic acids is 1. The van der Waals surface area contributed by atoms with Gasteiger partial charge in [0, 0.05) is 12.2 Å². The molecule has 0 bridgehead atoms. The van der Waals surface area contributed by atoms with Crippen molar-refractivity contribution in [3.8, 4) is 5.75 Å². The molecule has 4 N–H and O–H groups in total. The molecule has 0 aliphatic rings. The van der Waals surface area contributed by atoms with E-state index in [1.807, 2.05) is 6.92 Å². The first-order chi connectivity index (χ1) is 8.08. The largest absolute Gasteiger partial charge is 0.504 e. The van der Waals surface area contributed by atoms with Crippen molar-refractivity contribution in [3.63, 3.8) is 0 Å². The molecule has 0 spiro atoms. The number of aromatic nitrogens is 1. The summed E-state index contributed by atoms with van der Waals surface area (Å²) in [4.78, 5) is 15.9. The predicted molar refractivity (Wildman–Crippen MR) is 66.7 cm³/mol. The van der Waals surface area contributed by atoms with E-state index in [4.69, 9.17) is 5.73 Å². The summed E-state index contributed by atoms with van der Waals surface area (Å²) in [6, 6.07) is 3.19. The van der Waals surface area contributed by atoms with Crippen LogP contribution in [0.15, 0.2) is 12.1 Å². The monoisotopic (exact) mass is 237 g/mol. The highest BCUT2D eigenvalue weighted by Gasteiger charge is 2.17. The number of hydrogen-bond acceptors (Lipinski definition) is 4. The van der Waals surface area contributed by atoms with E-state index in [-0.39, 0.29) is 23.4 Å². The number of carbonyl (C=O) groups is 1. The van der Waals surface area contributed by atoms with Gasteiger partial charge in [0.05, 0.1) is 5.92 Å². The lowest BCUT2D eigenvalue weighted by molar-refractivity contribution is -0.119. The Morgan fingerprint density at radius 2 is 2.29 bits per heavy atom. The zero-order chi connectivity index (χ0) is 12.8. The average molecular weight is 237 g/mol. The molecule has 0 saturated carbocycles. The zero-order valence-electron chi connectivity index (χ0n) is 10.2. The second-order valence-electron chi connectivity index (χ2n) is 4.03. The van der Waals surface area contributed by atoms with Gasteiger partial charge in [-0.25, -0.2) is 4.98 Å². The molecule has 0 saturated heterocycles. The maximum Gasteiger partial charge on any atom is 0.230 e. The number of nitrogens with one attached hydrogen (secondary N) is 1. The van der Waals surface area contributed by atoms with E-state index in [9.17, 15) is 9.90 Å². The summed E-state index contributed by atoms with van der Waals surface area (Å²) in [6.45, 7) is 4.09. The fourth-order valence-corrected chi connectivity index (χ4v) is 1.56. The Balaban J connectivity index is 2.76. The molecule has 1 rings (SSSR count). The number of nitrogens with two attached hydrogens (primary N) is 1. The molecule has 0 aliphatic carbocycles. The third-order valence-electron chi connectivity index (χ3n) is 2.55. The van der Waals surface area contributed by atoms with Gasteiger partial charge in [-0.15, -0.1) is 0 Å². The summed E-state index contributed by atoms with van der Waals surface area (Å²) in [5.41, 5.74) is 6.27. The zero-order valence-corrected chi connectivity index (χ0v) is 10.2. The smallest absolute Gasteiger partial charge is 0.230 e. The number of amides is 1. The van der Waals surface area contributed by atoms with Gasteiger partial charge >= 0.3 is 0 Å². The van der Waals surface area contributed by atoms with Crippen LogP contribution >= 0.6 is 0 Å². The SMILES string of the molecule is CCCC(CN)C(=O)Nc1nc(C)ccc1O. The maximum absolute atomic E-state index is 11.9. The molecule has 1 aromatic rings. The molecule has 1 amide bonds. The molecule has 0 aliphatic heterocycles. The van der Waals surface area contributed by atoms with Gasteiger partial charge in [0.1, 0.15) is 0 Å². The highest BCUT2D eigenvalue weighted by atomic mass is 16.3. The maximum atomic E-state index is 11.9. The van der Waals surface area contributed by atoms with Crippen molar-refractivity contribution >= 4 is 11.7 Å². The van der Waals surface area contributed by atoms with Crippen molar-refractivity contribution in [1.82, 2.24) is 4.98 Å². The first kappa shape index (κ1) is 13.4. The highest BCUT2D eigenvalue weighted by molar-refractivity contribution is 5.92. The van der Waals surface area contributed by atoms with Crippen LogP contribution < -0.4 is 11.1 Å². The van der Waals surface area contributed by atoms with Gasteiger partial charge in [-0.2, -0.15) is 0 Å². The summed E-state index contributed by atoms with van der Waals surface area (Å²) >= 11 is 0. The van der Waals surface area contributed by atoms with Crippen LogP contribution in [0.3, 0.4) is 0 Å². The second kappa shape index (κ2) is 6.20. The Morgan fingerprint density at radius 1 is 1.59 bits per heavy atom. The van der Waals surface area contributed by atoms with Gasteiger partial charge in [-0.3, -0.25) is 4.79 Å². The molecule has 1 unspecified atom stereocenters. The van der Waals surface area contributed by atoms with Crippen LogP contribution in [-0.4, -0.2) is 22.5 Å². The van der Waals surface area contributed by atoms with Crippen molar-refractivity contribution in [2.24, 2.45) is 11.7 Å². The van der Waals surface area contributed by atoms with Gasteiger partial charge in [0.2, 0.25) is 5.91 Å². The first-order valence-corrected chi connectivity index (χ1v) is 5.76. The molecule has 5 nitrogen and oxygen atoms in total. The molecule has 0 radical (unpaired) electrons. The Kier molecular flexibility index (Phi) is 4.90. The molecule has 0 fully saturated rings. The molecule has 1 aromatic heterocycles. The first-order valence-electron chi connectivity index (χ1n) is 5.76. The molecule has 0 aromatic carbocycles. The summed E-state index contributed by atoms with van der Waals surface area (Å²) in [5.74, 6) is -0.259. The normalized spacial score (nSPS) is 12.2. The lowest BCUT2D eigenvalue weighted by atomic mass is 10.0. The van der Waals surface area contributed by atoms with Crippen LogP contribution in [0.2, 0.25) is 0 Å². The summed E-state index contributed by atoms with van der Waals surface area (Å²) in [5, 5.41) is 12.2. The number of anilines is 1. The van der Waals surface area contributed by atoms with E-state index in [1.54, 1.807) is 13.0 Å². The summed E-state index contributed by atoms with van der Waals surface area (Å²) in [6.07, 6.45) is 1.62. The predicted octanol–water partition coefficient (Wildman–Crippen LogP) is 1.41. The topological polar surface area (TPSA) is 88.2 Å². The van der Waals surface area contributed by atoms with Crippen molar-refractivity contribution in [2.75, 3.05) is 11.9 Å². The van der Waals surface area contributed by atoms with E-state index in [0.717, 1.165) is 18.5 Å². The van der Waals surface area contributed by atoms with E-state index in [0.29, 0.717) is 6.54 Å². The molecule has 1 heterocycles. The van der Waals surface area contributed by atoms with Gasteiger partial charge in [0.25, 0.3) is 0 Å². The minimum Gasteiger partial charge on any atom is -0.504 e. The van der Waals surface area contributed by atoms with Crippen molar-refractivity contribution in [2.45, 2.75) is 26.7 Å².